The van der Waals surface area contributed by atoms with Crippen LogP contribution in [-0.2, 0) is 6.54 Å². The van der Waals surface area contributed by atoms with Gasteiger partial charge in [-0.15, -0.1) is 0 Å². The van der Waals surface area contributed by atoms with Crippen molar-refractivity contribution < 1.29 is 9.84 Å². The van der Waals surface area contributed by atoms with Crippen molar-refractivity contribution in [3.63, 3.8) is 0 Å². The molecule has 0 radical (unpaired) electrons. The molecule has 1 aromatic rings. The predicted octanol–water partition coefficient (Wildman–Crippen LogP) is 2.79. The molecule has 2 rings (SSSR count). The Morgan fingerprint density at radius 3 is 2.78 bits per heavy atom. The zero-order valence-corrected chi connectivity index (χ0v) is 14.6. The van der Waals surface area contributed by atoms with Crippen molar-refractivity contribution in [2.24, 2.45) is 0 Å². The van der Waals surface area contributed by atoms with Crippen LogP contribution in [0.15, 0.2) is 30.9 Å². The third-order valence-corrected chi connectivity index (χ3v) is 4.63. The van der Waals surface area contributed by atoms with Gasteiger partial charge in [0.15, 0.2) is 0 Å². The summed E-state index contributed by atoms with van der Waals surface area (Å²) >= 11 is 6.30. The van der Waals surface area contributed by atoms with Crippen molar-refractivity contribution in [1.82, 2.24) is 9.80 Å². The highest BCUT2D eigenvalue weighted by atomic mass is 35.5. The van der Waals surface area contributed by atoms with Gasteiger partial charge in [-0.1, -0.05) is 30.3 Å². The Morgan fingerprint density at radius 1 is 1.43 bits per heavy atom. The minimum atomic E-state index is 0.181. The molecule has 0 aliphatic carbocycles. The first-order valence-electron chi connectivity index (χ1n) is 8.19. The zero-order valence-electron chi connectivity index (χ0n) is 13.9. The summed E-state index contributed by atoms with van der Waals surface area (Å²) in [5.41, 5.74) is 1.15. The number of nitrogens with zero attached hydrogens (tertiary/aromatic N) is 2. The van der Waals surface area contributed by atoms with Crippen LogP contribution in [0, 0.1) is 0 Å². The molecule has 1 saturated heterocycles. The molecule has 128 valence electrons. The SMILES string of the molecule is C=CCOc1ccc(CN(CCO)C2CCN(C)CC2)cc1Cl. The first kappa shape index (κ1) is 18.3. The lowest BCUT2D eigenvalue weighted by molar-refractivity contribution is 0.0941. The van der Waals surface area contributed by atoms with E-state index in [1.54, 1.807) is 6.08 Å². The Kier molecular flexibility index (Phi) is 7.37. The maximum absolute atomic E-state index is 9.39. The van der Waals surface area contributed by atoms with Gasteiger partial charge < -0.3 is 14.7 Å². The van der Waals surface area contributed by atoms with Gasteiger partial charge in [-0.3, -0.25) is 4.90 Å². The molecule has 0 bridgehead atoms. The first-order chi connectivity index (χ1) is 11.1. The standard InChI is InChI=1S/C18H27ClN2O2/c1-3-12-23-18-5-4-15(13-17(18)19)14-21(10-11-22)16-6-8-20(2)9-7-16/h3-5,13,16,22H,1,6-12,14H2,2H3. The molecular formula is C18H27ClN2O2. The van der Waals surface area contributed by atoms with Gasteiger partial charge in [0, 0.05) is 19.1 Å². The highest BCUT2D eigenvalue weighted by Gasteiger charge is 2.23. The summed E-state index contributed by atoms with van der Waals surface area (Å²) in [6.07, 6.45) is 3.99. The van der Waals surface area contributed by atoms with Gasteiger partial charge >= 0.3 is 0 Å². The van der Waals surface area contributed by atoms with Crippen molar-refractivity contribution in [3.8, 4) is 5.75 Å². The second-order valence-electron chi connectivity index (χ2n) is 6.09. The molecule has 0 unspecified atom stereocenters. The van der Waals surface area contributed by atoms with E-state index < -0.39 is 0 Å². The van der Waals surface area contributed by atoms with Gasteiger partial charge in [0.1, 0.15) is 12.4 Å². The smallest absolute Gasteiger partial charge is 0.138 e. The average molecular weight is 339 g/mol. The van der Waals surface area contributed by atoms with Crippen LogP contribution in [0.1, 0.15) is 18.4 Å². The fraction of sp³-hybridized carbons (Fsp3) is 0.556. The van der Waals surface area contributed by atoms with E-state index in [1.165, 1.54) is 0 Å². The molecule has 0 aromatic heterocycles. The number of hydrogen-bond donors (Lipinski definition) is 1. The number of ether oxygens (including phenoxy) is 1. The molecule has 0 spiro atoms. The highest BCUT2D eigenvalue weighted by Crippen LogP contribution is 2.27. The van der Waals surface area contributed by atoms with Crippen LogP contribution in [0.4, 0.5) is 0 Å². The summed E-state index contributed by atoms with van der Waals surface area (Å²) in [7, 11) is 2.16. The Hall–Kier alpha value is -1.07. The lowest BCUT2D eigenvalue weighted by atomic mass is 10.0. The fourth-order valence-electron chi connectivity index (χ4n) is 3.02. The van der Waals surface area contributed by atoms with Gasteiger partial charge in [0.25, 0.3) is 0 Å². The minimum absolute atomic E-state index is 0.181. The number of likely N-dealkylation sites (tertiary alicyclic amines) is 1. The number of benzene rings is 1. The van der Waals surface area contributed by atoms with Crippen molar-refractivity contribution in [2.45, 2.75) is 25.4 Å². The van der Waals surface area contributed by atoms with Gasteiger partial charge in [0.2, 0.25) is 0 Å². The highest BCUT2D eigenvalue weighted by molar-refractivity contribution is 6.32. The van der Waals surface area contributed by atoms with Crippen LogP contribution >= 0.6 is 11.6 Å². The van der Waals surface area contributed by atoms with Crippen molar-refractivity contribution in [2.75, 3.05) is 39.9 Å². The third-order valence-electron chi connectivity index (χ3n) is 4.33. The molecule has 4 nitrogen and oxygen atoms in total. The van der Waals surface area contributed by atoms with E-state index in [4.69, 9.17) is 16.3 Å². The molecule has 23 heavy (non-hydrogen) atoms. The Morgan fingerprint density at radius 2 is 2.17 bits per heavy atom. The molecule has 1 aliphatic rings. The quantitative estimate of drug-likeness (QED) is 0.739. The van der Waals surface area contributed by atoms with Crippen LogP contribution in [0.2, 0.25) is 5.02 Å². The summed E-state index contributed by atoms with van der Waals surface area (Å²) in [5.74, 6) is 0.684. The van der Waals surface area contributed by atoms with Gasteiger partial charge in [-0.2, -0.15) is 0 Å². The molecule has 0 atom stereocenters. The average Bonchev–Trinajstić information content (AvgIpc) is 2.54. The molecule has 1 N–H and O–H groups in total. The number of halogens is 1. The van der Waals surface area contributed by atoms with E-state index in [0.717, 1.165) is 38.0 Å². The summed E-state index contributed by atoms with van der Waals surface area (Å²) in [6.45, 7) is 7.99. The number of aliphatic hydroxyl groups is 1. The van der Waals surface area contributed by atoms with Crippen LogP contribution in [0.3, 0.4) is 0 Å². The lowest BCUT2D eigenvalue weighted by Crippen LogP contribution is -2.44. The number of rotatable bonds is 8. The number of piperidine rings is 1. The molecular weight excluding hydrogens is 312 g/mol. The Labute approximate surface area is 144 Å². The van der Waals surface area contributed by atoms with Crippen molar-refractivity contribution in [1.29, 1.82) is 0 Å². The Bertz CT molecular complexity index is 502. The van der Waals surface area contributed by atoms with E-state index in [2.05, 4.69) is 23.4 Å². The second-order valence-corrected chi connectivity index (χ2v) is 6.50. The summed E-state index contributed by atoms with van der Waals surface area (Å²) in [5, 5.41) is 10.0. The van der Waals surface area contributed by atoms with Crippen molar-refractivity contribution in [3.05, 3.63) is 41.4 Å². The summed E-state index contributed by atoms with van der Waals surface area (Å²) < 4.78 is 5.51. The van der Waals surface area contributed by atoms with Gasteiger partial charge in [0.05, 0.1) is 11.6 Å². The second kappa shape index (κ2) is 9.28. The predicted molar refractivity (Wildman–Crippen MR) is 95.2 cm³/mol. The van der Waals surface area contributed by atoms with Crippen LogP contribution in [0.25, 0.3) is 0 Å². The summed E-state index contributed by atoms with van der Waals surface area (Å²) in [4.78, 5) is 4.72. The molecule has 1 aromatic carbocycles. The molecule has 1 fully saturated rings. The maximum Gasteiger partial charge on any atom is 0.138 e. The van der Waals surface area contributed by atoms with E-state index in [-0.39, 0.29) is 6.61 Å². The van der Waals surface area contributed by atoms with Crippen molar-refractivity contribution >= 4 is 11.6 Å². The monoisotopic (exact) mass is 338 g/mol. The lowest BCUT2D eigenvalue weighted by Gasteiger charge is -2.37. The fourth-order valence-corrected chi connectivity index (χ4v) is 3.28. The van der Waals surface area contributed by atoms with Crippen LogP contribution in [0.5, 0.6) is 5.75 Å². The van der Waals surface area contributed by atoms with E-state index in [1.807, 2.05) is 18.2 Å². The maximum atomic E-state index is 9.39. The molecule has 1 heterocycles. The first-order valence-corrected chi connectivity index (χ1v) is 8.57. The van der Waals surface area contributed by atoms with Crippen LogP contribution in [-0.4, -0.2) is 60.8 Å². The van der Waals surface area contributed by atoms with E-state index in [9.17, 15) is 5.11 Å². The largest absolute Gasteiger partial charge is 0.488 e. The number of aliphatic hydroxyl groups excluding tert-OH is 1. The normalized spacial score (nSPS) is 16.7. The molecule has 0 amide bonds. The molecule has 1 aliphatic heterocycles. The van der Waals surface area contributed by atoms with E-state index >= 15 is 0 Å². The number of hydrogen-bond acceptors (Lipinski definition) is 4. The van der Waals surface area contributed by atoms with Gasteiger partial charge in [-0.25, -0.2) is 0 Å². The summed E-state index contributed by atoms with van der Waals surface area (Å²) in [6, 6.07) is 6.43. The van der Waals surface area contributed by atoms with Crippen LogP contribution < -0.4 is 4.74 Å². The zero-order chi connectivity index (χ0) is 16.7. The Balaban J connectivity index is 2.01. The molecule has 5 heteroatoms. The topological polar surface area (TPSA) is 35.9 Å². The molecule has 0 saturated carbocycles. The van der Waals surface area contributed by atoms with Gasteiger partial charge in [-0.05, 0) is 50.7 Å². The minimum Gasteiger partial charge on any atom is -0.488 e. The van der Waals surface area contributed by atoms with E-state index in [0.29, 0.717) is 30.0 Å². The third kappa shape index (κ3) is 5.50.